The second kappa shape index (κ2) is 6.18. The summed E-state index contributed by atoms with van der Waals surface area (Å²) in [6, 6.07) is 17.6. The first kappa shape index (κ1) is 14.6. The molecule has 0 saturated heterocycles. The number of aliphatic hydroxyl groups is 1. The lowest BCUT2D eigenvalue weighted by Gasteiger charge is -2.13. The molecule has 0 spiro atoms. The van der Waals surface area contributed by atoms with E-state index in [0.717, 1.165) is 31.0 Å². The van der Waals surface area contributed by atoms with Crippen LogP contribution in [-0.2, 0) is 6.61 Å². The van der Waals surface area contributed by atoms with Crippen LogP contribution in [-0.4, -0.2) is 5.11 Å². The van der Waals surface area contributed by atoms with Crippen molar-refractivity contribution >= 4 is 42.6 Å². The van der Waals surface area contributed by atoms with Crippen molar-refractivity contribution in [1.82, 2.24) is 0 Å². The molecule has 3 aromatic rings. The van der Waals surface area contributed by atoms with Gasteiger partial charge < -0.3 is 9.84 Å². The van der Waals surface area contributed by atoms with E-state index in [1.54, 1.807) is 0 Å². The van der Waals surface area contributed by atoms with Gasteiger partial charge in [0.05, 0.1) is 11.1 Å². The van der Waals surface area contributed by atoms with Crippen molar-refractivity contribution in [1.29, 1.82) is 0 Å². The topological polar surface area (TPSA) is 29.5 Å². The van der Waals surface area contributed by atoms with E-state index in [0.29, 0.717) is 5.75 Å². The van der Waals surface area contributed by atoms with Crippen molar-refractivity contribution < 1.29 is 9.84 Å². The highest BCUT2D eigenvalue weighted by molar-refractivity contribution is 9.11. The molecule has 0 aliphatic heterocycles. The number of hydrogen-bond donors (Lipinski definition) is 1. The Bertz CT molecular complexity index is 800. The van der Waals surface area contributed by atoms with Crippen molar-refractivity contribution in [3.8, 4) is 11.5 Å². The van der Waals surface area contributed by atoms with Crippen LogP contribution in [0.25, 0.3) is 10.8 Å². The summed E-state index contributed by atoms with van der Waals surface area (Å²) in [5, 5.41) is 11.7. The minimum absolute atomic E-state index is 0.0695. The maximum Gasteiger partial charge on any atom is 0.142 e. The zero-order valence-electron chi connectivity index (χ0n) is 11.0. The summed E-state index contributed by atoms with van der Waals surface area (Å²) in [6.45, 7) is -0.0695. The molecule has 0 unspecified atom stereocenters. The number of halogens is 2. The molecule has 2 nitrogen and oxygen atoms in total. The molecule has 0 aliphatic rings. The van der Waals surface area contributed by atoms with Crippen molar-refractivity contribution in [3.63, 3.8) is 0 Å². The third kappa shape index (κ3) is 2.98. The molecule has 0 heterocycles. The van der Waals surface area contributed by atoms with Crippen LogP contribution in [0.4, 0.5) is 0 Å². The molecule has 3 aromatic carbocycles. The summed E-state index contributed by atoms with van der Waals surface area (Å²) in [4.78, 5) is 0. The lowest BCUT2D eigenvalue weighted by molar-refractivity contribution is 0.276. The quantitative estimate of drug-likeness (QED) is 0.607. The Kier molecular flexibility index (Phi) is 4.29. The molecule has 0 amide bonds. The first-order valence-electron chi connectivity index (χ1n) is 6.43. The Morgan fingerprint density at radius 3 is 2.48 bits per heavy atom. The standard InChI is InChI=1S/C17H12Br2O2/c18-13-6-8-15(12(9-13)10-20)21-16-7-5-11-3-1-2-4-14(11)17(16)19/h1-9,20H,10H2. The number of fused-ring (bicyclic) bond motifs is 1. The Morgan fingerprint density at radius 2 is 1.67 bits per heavy atom. The number of ether oxygens (including phenoxy) is 1. The number of hydrogen-bond acceptors (Lipinski definition) is 2. The zero-order chi connectivity index (χ0) is 14.8. The molecule has 21 heavy (non-hydrogen) atoms. The van der Waals surface area contributed by atoms with Crippen LogP contribution in [0.15, 0.2) is 63.5 Å². The maximum absolute atomic E-state index is 9.45. The average molecular weight is 408 g/mol. The van der Waals surface area contributed by atoms with Crippen LogP contribution >= 0.6 is 31.9 Å². The van der Waals surface area contributed by atoms with E-state index >= 15 is 0 Å². The van der Waals surface area contributed by atoms with Crippen LogP contribution < -0.4 is 4.74 Å². The van der Waals surface area contributed by atoms with Gasteiger partial charge in [-0.3, -0.25) is 0 Å². The Balaban J connectivity index is 2.04. The zero-order valence-corrected chi connectivity index (χ0v) is 14.2. The fraction of sp³-hybridized carbons (Fsp3) is 0.0588. The first-order chi connectivity index (χ1) is 10.2. The lowest BCUT2D eigenvalue weighted by atomic mass is 10.1. The number of benzene rings is 3. The SMILES string of the molecule is OCc1cc(Br)ccc1Oc1ccc2ccccc2c1Br. The van der Waals surface area contributed by atoms with E-state index < -0.39 is 0 Å². The van der Waals surface area contributed by atoms with Crippen molar-refractivity contribution in [2.24, 2.45) is 0 Å². The predicted octanol–water partition coefficient (Wildman–Crippen LogP) is 5.65. The highest BCUT2D eigenvalue weighted by Gasteiger charge is 2.10. The van der Waals surface area contributed by atoms with Gasteiger partial charge in [0.25, 0.3) is 0 Å². The predicted molar refractivity (Wildman–Crippen MR) is 91.8 cm³/mol. The van der Waals surface area contributed by atoms with Crippen LogP contribution in [0.2, 0.25) is 0 Å². The van der Waals surface area contributed by atoms with Crippen LogP contribution in [0.3, 0.4) is 0 Å². The summed E-state index contributed by atoms with van der Waals surface area (Å²) < 4.78 is 7.79. The van der Waals surface area contributed by atoms with Crippen molar-refractivity contribution in [2.75, 3.05) is 0 Å². The molecule has 0 radical (unpaired) electrons. The van der Waals surface area contributed by atoms with E-state index in [-0.39, 0.29) is 6.61 Å². The Morgan fingerprint density at radius 1 is 0.905 bits per heavy atom. The van der Waals surface area contributed by atoms with Gasteiger partial charge in [0.15, 0.2) is 0 Å². The molecule has 0 fully saturated rings. The van der Waals surface area contributed by atoms with Crippen LogP contribution in [0.5, 0.6) is 11.5 Å². The highest BCUT2D eigenvalue weighted by Crippen LogP contribution is 2.37. The molecule has 0 aromatic heterocycles. The minimum atomic E-state index is -0.0695. The largest absolute Gasteiger partial charge is 0.456 e. The highest BCUT2D eigenvalue weighted by atomic mass is 79.9. The van der Waals surface area contributed by atoms with Gasteiger partial charge in [-0.25, -0.2) is 0 Å². The smallest absolute Gasteiger partial charge is 0.142 e. The minimum Gasteiger partial charge on any atom is -0.456 e. The van der Waals surface area contributed by atoms with Gasteiger partial charge >= 0.3 is 0 Å². The van der Waals surface area contributed by atoms with Gasteiger partial charge in [0, 0.05) is 10.0 Å². The van der Waals surface area contributed by atoms with Gasteiger partial charge in [-0.1, -0.05) is 46.3 Å². The van der Waals surface area contributed by atoms with Gasteiger partial charge in [-0.15, -0.1) is 0 Å². The fourth-order valence-electron chi connectivity index (χ4n) is 2.18. The third-order valence-corrected chi connectivity index (χ3v) is 4.55. The van der Waals surface area contributed by atoms with Gasteiger partial charge in [-0.05, 0) is 51.0 Å². The van der Waals surface area contributed by atoms with E-state index in [1.807, 2.05) is 48.5 Å². The second-order valence-corrected chi connectivity index (χ2v) is 6.32. The molecule has 4 heteroatoms. The molecule has 0 saturated carbocycles. The Hall–Kier alpha value is -1.36. The van der Waals surface area contributed by atoms with Crippen molar-refractivity contribution in [3.05, 3.63) is 69.1 Å². The first-order valence-corrected chi connectivity index (χ1v) is 8.02. The van der Waals surface area contributed by atoms with Crippen LogP contribution in [0, 0.1) is 0 Å². The normalized spacial score (nSPS) is 10.8. The Labute approximate surface area is 139 Å². The summed E-state index contributed by atoms with van der Waals surface area (Å²) in [5.74, 6) is 1.38. The van der Waals surface area contributed by atoms with Crippen LogP contribution in [0.1, 0.15) is 5.56 Å². The molecule has 0 bridgehead atoms. The molecule has 0 aliphatic carbocycles. The van der Waals surface area contributed by atoms with Gasteiger partial charge in [0.1, 0.15) is 11.5 Å². The number of aliphatic hydroxyl groups excluding tert-OH is 1. The molecule has 0 atom stereocenters. The van der Waals surface area contributed by atoms with Gasteiger partial charge in [-0.2, -0.15) is 0 Å². The van der Waals surface area contributed by atoms with E-state index in [9.17, 15) is 5.11 Å². The van der Waals surface area contributed by atoms with Crippen molar-refractivity contribution in [2.45, 2.75) is 6.61 Å². The maximum atomic E-state index is 9.45. The monoisotopic (exact) mass is 406 g/mol. The fourth-order valence-corrected chi connectivity index (χ4v) is 3.16. The molecular formula is C17H12Br2O2. The summed E-state index contributed by atoms with van der Waals surface area (Å²) in [5.41, 5.74) is 0.740. The lowest BCUT2D eigenvalue weighted by Crippen LogP contribution is -1.93. The number of rotatable bonds is 3. The van der Waals surface area contributed by atoms with E-state index in [4.69, 9.17) is 4.74 Å². The molecule has 1 N–H and O–H groups in total. The summed E-state index contributed by atoms with van der Waals surface area (Å²) in [6.07, 6.45) is 0. The van der Waals surface area contributed by atoms with Gasteiger partial charge in [0.2, 0.25) is 0 Å². The molecular weight excluding hydrogens is 396 g/mol. The van der Waals surface area contributed by atoms with E-state index in [2.05, 4.69) is 37.9 Å². The molecule has 106 valence electrons. The summed E-state index contributed by atoms with van der Waals surface area (Å²) in [7, 11) is 0. The third-order valence-electron chi connectivity index (χ3n) is 3.24. The van der Waals surface area contributed by atoms with E-state index in [1.165, 1.54) is 0 Å². The molecule has 3 rings (SSSR count). The second-order valence-electron chi connectivity index (χ2n) is 4.61. The average Bonchev–Trinajstić information content (AvgIpc) is 2.51. The summed E-state index contributed by atoms with van der Waals surface area (Å²) >= 11 is 7.00.